The Kier molecular flexibility index (Phi) is 4.84. The van der Waals surface area contributed by atoms with Gasteiger partial charge in [0.2, 0.25) is 0 Å². The zero-order valence-electron chi connectivity index (χ0n) is 13.0. The van der Waals surface area contributed by atoms with E-state index < -0.39 is 0 Å². The van der Waals surface area contributed by atoms with Crippen LogP contribution in [0.2, 0.25) is 5.02 Å². The number of aromatic nitrogens is 2. The highest BCUT2D eigenvalue weighted by molar-refractivity contribution is 6.31. The highest BCUT2D eigenvalue weighted by Gasteiger charge is 2.11. The molecule has 0 bridgehead atoms. The molecule has 0 saturated heterocycles. The molecule has 0 fully saturated rings. The molecule has 0 aliphatic carbocycles. The zero-order valence-corrected chi connectivity index (χ0v) is 13.8. The van der Waals surface area contributed by atoms with E-state index in [-0.39, 0.29) is 6.61 Å². The molecule has 0 unspecified atom stereocenters. The van der Waals surface area contributed by atoms with E-state index in [1.54, 1.807) is 0 Å². The normalized spacial score (nSPS) is 11.1. The van der Waals surface area contributed by atoms with Crippen molar-refractivity contribution < 1.29 is 9.84 Å². The molecule has 120 valence electrons. The summed E-state index contributed by atoms with van der Waals surface area (Å²) in [4.78, 5) is 4.64. The van der Waals surface area contributed by atoms with E-state index >= 15 is 0 Å². The lowest BCUT2D eigenvalue weighted by molar-refractivity contribution is 0.269. The Bertz CT molecular complexity index is 814. The summed E-state index contributed by atoms with van der Waals surface area (Å²) in [6.45, 7) is 3.23. The van der Waals surface area contributed by atoms with Gasteiger partial charge < -0.3 is 14.4 Å². The predicted molar refractivity (Wildman–Crippen MR) is 92.0 cm³/mol. The van der Waals surface area contributed by atoms with Crippen LogP contribution in [0.5, 0.6) is 5.75 Å². The fraction of sp³-hybridized carbons (Fsp3) is 0.278. The van der Waals surface area contributed by atoms with Gasteiger partial charge in [-0.3, -0.25) is 0 Å². The van der Waals surface area contributed by atoms with Gasteiger partial charge in [0, 0.05) is 18.2 Å². The molecule has 0 atom stereocenters. The van der Waals surface area contributed by atoms with E-state index in [0.29, 0.717) is 24.6 Å². The van der Waals surface area contributed by atoms with E-state index in [9.17, 15) is 0 Å². The summed E-state index contributed by atoms with van der Waals surface area (Å²) < 4.78 is 7.94. The summed E-state index contributed by atoms with van der Waals surface area (Å²) in [6, 6.07) is 13.6. The lowest BCUT2D eigenvalue weighted by atomic mass is 10.2. The van der Waals surface area contributed by atoms with Crippen LogP contribution in [-0.2, 0) is 13.2 Å². The molecule has 0 saturated carbocycles. The number of rotatable bonds is 6. The molecule has 3 aromatic rings. The van der Waals surface area contributed by atoms with Crippen LogP contribution < -0.4 is 4.74 Å². The Hall–Kier alpha value is -2.04. The number of halogens is 1. The van der Waals surface area contributed by atoms with Gasteiger partial charge in [-0.25, -0.2) is 4.98 Å². The van der Waals surface area contributed by atoms with E-state index in [1.807, 2.05) is 49.4 Å². The Morgan fingerprint density at radius 1 is 1.22 bits per heavy atom. The maximum Gasteiger partial charge on any atom is 0.147 e. The summed E-state index contributed by atoms with van der Waals surface area (Å²) in [5.41, 5.74) is 3.01. The lowest BCUT2D eigenvalue weighted by Gasteiger charge is -2.10. The summed E-state index contributed by atoms with van der Waals surface area (Å²) in [6.07, 6.45) is 0.662. The van der Waals surface area contributed by atoms with Crippen molar-refractivity contribution >= 4 is 22.6 Å². The Morgan fingerprint density at radius 3 is 2.87 bits per heavy atom. The van der Waals surface area contributed by atoms with E-state index in [1.165, 1.54) is 0 Å². The van der Waals surface area contributed by atoms with Gasteiger partial charge in [0.25, 0.3) is 0 Å². The fourth-order valence-corrected chi connectivity index (χ4v) is 2.75. The molecule has 5 heteroatoms. The first kappa shape index (κ1) is 15.8. The molecule has 0 radical (unpaired) electrons. The van der Waals surface area contributed by atoms with Crippen molar-refractivity contribution in [3.8, 4) is 5.75 Å². The topological polar surface area (TPSA) is 47.3 Å². The molecule has 4 nitrogen and oxygen atoms in total. The van der Waals surface area contributed by atoms with Crippen LogP contribution in [0, 0.1) is 6.92 Å². The number of ether oxygens (including phenoxy) is 1. The van der Waals surface area contributed by atoms with Crippen LogP contribution in [0.15, 0.2) is 42.5 Å². The molecule has 1 aromatic heterocycles. The van der Waals surface area contributed by atoms with E-state index in [0.717, 1.165) is 28.2 Å². The van der Waals surface area contributed by atoms with Gasteiger partial charge >= 0.3 is 0 Å². The quantitative estimate of drug-likeness (QED) is 0.744. The zero-order chi connectivity index (χ0) is 16.2. The third kappa shape index (κ3) is 3.66. The smallest absolute Gasteiger partial charge is 0.147 e. The summed E-state index contributed by atoms with van der Waals surface area (Å²) >= 11 is 6.10. The average molecular weight is 331 g/mol. The van der Waals surface area contributed by atoms with Crippen LogP contribution in [-0.4, -0.2) is 21.3 Å². The number of hydrogen-bond donors (Lipinski definition) is 1. The first-order valence-electron chi connectivity index (χ1n) is 7.62. The summed E-state index contributed by atoms with van der Waals surface area (Å²) in [7, 11) is 0. The van der Waals surface area contributed by atoms with Crippen molar-refractivity contribution in [3.63, 3.8) is 0 Å². The highest BCUT2D eigenvalue weighted by Crippen LogP contribution is 2.22. The predicted octanol–water partition coefficient (Wildman–Crippen LogP) is 3.96. The summed E-state index contributed by atoms with van der Waals surface area (Å²) in [5.74, 6) is 1.65. The third-order valence-corrected chi connectivity index (χ3v) is 3.92. The third-order valence-electron chi connectivity index (χ3n) is 3.69. The lowest BCUT2D eigenvalue weighted by Crippen LogP contribution is -2.08. The van der Waals surface area contributed by atoms with Crippen LogP contribution in [0.4, 0.5) is 0 Å². The van der Waals surface area contributed by atoms with Crippen molar-refractivity contribution in [3.05, 3.63) is 58.9 Å². The van der Waals surface area contributed by atoms with Crippen LogP contribution >= 0.6 is 11.6 Å². The van der Waals surface area contributed by atoms with Crippen molar-refractivity contribution in [1.29, 1.82) is 0 Å². The van der Waals surface area contributed by atoms with Crippen LogP contribution in [0.3, 0.4) is 0 Å². The maximum atomic E-state index is 9.13. The average Bonchev–Trinajstić information content (AvgIpc) is 2.88. The van der Waals surface area contributed by atoms with E-state index in [4.69, 9.17) is 21.4 Å². The minimum Gasteiger partial charge on any atom is -0.486 e. The highest BCUT2D eigenvalue weighted by atomic mass is 35.5. The second kappa shape index (κ2) is 7.02. The van der Waals surface area contributed by atoms with Crippen molar-refractivity contribution in [2.45, 2.75) is 26.5 Å². The fourth-order valence-electron chi connectivity index (χ4n) is 2.59. The molecular formula is C18H19ClN2O2. The molecule has 0 aliphatic heterocycles. The Balaban J connectivity index is 1.89. The molecule has 0 amide bonds. The Morgan fingerprint density at radius 2 is 2.09 bits per heavy atom. The molecule has 2 aromatic carbocycles. The van der Waals surface area contributed by atoms with Crippen molar-refractivity contribution in [2.75, 3.05) is 6.61 Å². The molecule has 0 spiro atoms. The number of fused-ring (bicyclic) bond motifs is 1. The number of aliphatic hydroxyl groups is 1. The second-order valence-electron chi connectivity index (χ2n) is 5.50. The molecule has 1 N–H and O–H groups in total. The molecule has 3 rings (SSSR count). The molecule has 23 heavy (non-hydrogen) atoms. The van der Waals surface area contributed by atoms with Gasteiger partial charge in [-0.2, -0.15) is 0 Å². The molecule has 1 heterocycles. The van der Waals surface area contributed by atoms with Crippen molar-refractivity contribution in [2.24, 2.45) is 0 Å². The number of nitrogens with zero attached hydrogens (tertiary/aromatic N) is 2. The van der Waals surface area contributed by atoms with Crippen molar-refractivity contribution in [1.82, 2.24) is 9.55 Å². The first-order valence-corrected chi connectivity index (χ1v) is 8.00. The minimum absolute atomic E-state index is 0.137. The number of imidazole rings is 1. The van der Waals surface area contributed by atoms with Gasteiger partial charge in [0.15, 0.2) is 0 Å². The number of aryl methyl sites for hydroxylation is 2. The van der Waals surface area contributed by atoms with Gasteiger partial charge in [-0.05, 0) is 49.2 Å². The second-order valence-corrected chi connectivity index (χ2v) is 5.93. The summed E-state index contributed by atoms with van der Waals surface area (Å²) in [5, 5.41) is 9.80. The largest absolute Gasteiger partial charge is 0.486 e. The first-order chi connectivity index (χ1) is 11.2. The van der Waals surface area contributed by atoms with Gasteiger partial charge in [-0.1, -0.05) is 23.7 Å². The number of benzene rings is 2. The van der Waals surface area contributed by atoms with Gasteiger partial charge in [0.05, 0.1) is 11.0 Å². The SMILES string of the molecule is Cc1cccc(OCc2nc3ccc(Cl)cc3n2CCCO)c1. The standard InChI is InChI=1S/C18H19ClN2O2/c1-13-4-2-5-15(10-13)23-12-18-20-16-7-6-14(19)11-17(16)21(18)8-3-9-22/h2,4-7,10-11,22H,3,8-9,12H2,1H3. The van der Waals surface area contributed by atoms with E-state index in [2.05, 4.69) is 9.55 Å². The van der Waals surface area contributed by atoms with Crippen LogP contribution in [0.25, 0.3) is 11.0 Å². The van der Waals surface area contributed by atoms with Crippen LogP contribution in [0.1, 0.15) is 17.8 Å². The van der Waals surface area contributed by atoms with Gasteiger partial charge in [-0.15, -0.1) is 0 Å². The maximum absolute atomic E-state index is 9.13. The minimum atomic E-state index is 0.137. The number of aliphatic hydroxyl groups excluding tert-OH is 1. The number of hydrogen-bond acceptors (Lipinski definition) is 3. The molecule has 0 aliphatic rings. The van der Waals surface area contributed by atoms with Gasteiger partial charge in [0.1, 0.15) is 18.2 Å². The molecular weight excluding hydrogens is 312 g/mol. The Labute approximate surface area is 140 Å². The monoisotopic (exact) mass is 330 g/mol.